The van der Waals surface area contributed by atoms with Crippen molar-refractivity contribution in [3.05, 3.63) is 24.3 Å². The van der Waals surface area contributed by atoms with Crippen LogP contribution in [0.5, 0.6) is 0 Å². The largest absolute Gasteiger partial charge is 0.0882 e. The average molecular weight is 264 g/mol. The summed E-state index contributed by atoms with van der Waals surface area (Å²) in [6.45, 7) is 4.55. The highest BCUT2D eigenvalue weighted by molar-refractivity contribution is 4.92. The number of rotatable bonds is 14. The normalized spacial score (nSPS) is 11.9. The first-order valence-corrected chi connectivity index (χ1v) is 8.71. The molecule has 0 aliphatic rings. The predicted molar refractivity (Wildman–Crippen MR) is 89.6 cm³/mol. The van der Waals surface area contributed by atoms with E-state index < -0.39 is 0 Å². The van der Waals surface area contributed by atoms with E-state index >= 15 is 0 Å². The van der Waals surface area contributed by atoms with Gasteiger partial charge in [-0.25, -0.2) is 0 Å². The van der Waals surface area contributed by atoms with Crippen molar-refractivity contribution in [1.29, 1.82) is 0 Å². The summed E-state index contributed by atoms with van der Waals surface area (Å²) in [4.78, 5) is 0. The van der Waals surface area contributed by atoms with Crippen LogP contribution < -0.4 is 0 Å². The molecule has 0 aliphatic carbocycles. The Labute approximate surface area is 122 Å². The van der Waals surface area contributed by atoms with Crippen molar-refractivity contribution in [1.82, 2.24) is 0 Å². The molecule has 112 valence electrons. The van der Waals surface area contributed by atoms with Gasteiger partial charge in [0.05, 0.1) is 0 Å². The van der Waals surface area contributed by atoms with Gasteiger partial charge in [0.25, 0.3) is 0 Å². The van der Waals surface area contributed by atoms with Gasteiger partial charge in [-0.2, -0.15) is 0 Å². The Kier molecular flexibility index (Phi) is 17.0. The van der Waals surface area contributed by atoms with E-state index in [0.717, 1.165) is 6.42 Å². The third kappa shape index (κ3) is 17.5. The van der Waals surface area contributed by atoms with Crippen molar-refractivity contribution in [2.75, 3.05) is 0 Å². The molecule has 0 amide bonds. The van der Waals surface area contributed by atoms with Crippen LogP contribution in [0.4, 0.5) is 0 Å². The van der Waals surface area contributed by atoms with E-state index in [2.05, 4.69) is 38.2 Å². The smallest absolute Gasteiger partial charge is 0.0169 e. The summed E-state index contributed by atoms with van der Waals surface area (Å²) in [6, 6.07) is 0. The molecule has 0 nitrogen and oxygen atoms in total. The van der Waals surface area contributed by atoms with Gasteiger partial charge in [0.2, 0.25) is 0 Å². The third-order valence-corrected chi connectivity index (χ3v) is 3.55. The minimum absolute atomic E-state index is 1.13. The first-order chi connectivity index (χ1) is 9.41. The van der Waals surface area contributed by atoms with Crippen molar-refractivity contribution < 1.29 is 0 Å². The van der Waals surface area contributed by atoms with Crippen molar-refractivity contribution >= 4 is 0 Å². The van der Waals surface area contributed by atoms with Crippen LogP contribution in [0.2, 0.25) is 0 Å². The number of unbranched alkanes of at least 4 members (excludes halogenated alkanes) is 10. The van der Waals surface area contributed by atoms with Crippen LogP contribution in [0.3, 0.4) is 0 Å². The summed E-state index contributed by atoms with van der Waals surface area (Å²) in [6.07, 6.45) is 27.0. The van der Waals surface area contributed by atoms with Gasteiger partial charge in [-0.1, -0.05) is 89.5 Å². The molecule has 0 aromatic rings. The SMILES string of the molecule is CCCCCCCC=CCC=CCCCCCCC. The van der Waals surface area contributed by atoms with Gasteiger partial charge >= 0.3 is 0 Å². The molecular formula is C19H36. The van der Waals surface area contributed by atoms with Gasteiger partial charge in [0.1, 0.15) is 0 Å². The minimum atomic E-state index is 1.13. The predicted octanol–water partition coefficient (Wildman–Crippen LogP) is 7.21. The van der Waals surface area contributed by atoms with Crippen molar-refractivity contribution in [2.45, 2.75) is 97.3 Å². The van der Waals surface area contributed by atoms with Gasteiger partial charge < -0.3 is 0 Å². The molecular weight excluding hydrogens is 228 g/mol. The molecule has 0 spiro atoms. The molecule has 0 aromatic heterocycles. The summed E-state index contributed by atoms with van der Waals surface area (Å²) >= 11 is 0. The molecule has 0 saturated heterocycles. The van der Waals surface area contributed by atoms with Crippen LogP contribution in [0.25, 0.3) is 0 Å². The molecule has 0 heterocycles. The highest BCUT2D eigenvalue weighted by Gasteiger charge is 1.87. The minimum Gasteiger partial charge on any atom is -0.0882 e. The first-order valence-electron chi connectivity index (χ1n) is 8.71. The molecule has 19 heavy (non-hydrogen) atoms. The molecule has 0 radical (unpaired) electrons. The van der Waals surface area contributed by atoms with Crippen LogP contribution in [0, 0.1) is 0 Å². The molecule has 0 aromatic carbocycles. The molecule has 0 bridgehead atoms. The van der Waals surface area contributed by atoms with Crippen LogP contribution in [0.1, 0.15) is 97.3 Å². The van der Waals surface area contributed by atoms with E-state index in [1.165, 1.54) is 77.0 Å². The molecule has 0 unspecified atom stereocenters. The zero-order chi connectivity index (χ0) is 14.0. The van der Waals surface area contributed by atoms with Crippen LogP contribution in [-0.2, 0) is 0 Å². The second kappa shape index (κ2) is 17.5. The fraction of sp³-hybridized carbons (Fsp3) is 0.789. The zero-order valence-electron chi connectivity index (χ0n) is 13.5. The maximum Gasteiger partial charge on any atom is -0.0169 e. The lowest BCUT2D eigenvalue weighted by atomic mass is 10.1. The van der Waals surface area contributed by atoms with Gasteiger partial charge in [0, 0.05) is 0 Å². The molecule has 0 aliphatic heterocycles. The van der Waals surface area contributed by atoms with Crippen molar-refractivity contribution in [2.24, 2.45) is 0 Å². The quantitative estimate of drug-likeness (QED) is 0.230. The zero-order valence-corrected chi connectivity index (χ0v) is 13.5. The monoisotopic (exact) mass is 264 g/mol. The lowest BCUT2D eigenvalue weighted by Crippen LogP contribution is -1.76. The van der Waals surface area contributed by atoms with Gasteiger partial charge in [-0.15, -0.1) is 0 Å². The topological polar surface area (TPSA) is 0 Å². The van der Waals surface area contributed by atoms with Crippen LogP contribution in [0.15, 0.2) is 24.3 Å². The molecule has 0 rings (SSSR count). The standard InChI is InChI=1S/C19H36/c1-3-5-7-9-11-13-15-17-19-18-16-14-12-10-8-6-4-2/h15-18H,3-14,19H2,1-2H3. The lowest BCUT2D eigenvalue weighted by Gasteiger charge is -1.96. The highest BCUT2D eigenvalue weighted by Crippen LogP contribution is 2.07. The van der Waals surface area contributed by atoms with E-state index in [0.29, 0.717) is 0 Å². The fourth-order valence-electron chi connectivity index (χ4n) is 2.24. The Morgan fingerprint density at radius 1 is 0.474 bits per heavy atom. The van der Waals surface area contributed by atoms with Gasteiger partial charge in [-0.3, -0.25) is 0 Å². The second-order valence-corrected chi connectivity index (χ2v) is 5.58. The number of hydrogen-bond acceptors (Lipinski definition) is 0. The number of allylic oxidation sites excluding steroid dienone is 4. The van der Waals surface area contributed by atoms with E-state index in [4.69, 9.17) is 0 Å². The Bertz CT molecular complexity index is 178. The van der Waals surface area contributed by atoms with E-state index in [1.54, 1.807) is 0 Å². The summed E-state index contributed by atoms with van der Waals surface area (Å²) < 4.78 is 0. The summed E-state index contributed by atoms with van der Waals surface area (Å²) in [5.74, 6) is 0. The molecule has 0 saturated carbocycles. The van der Waals surface area contributed by atoms with E-state index in [1.807, 2.05) is 0 Å². The Morgan fingerprint density at radius 3 is 1.32 bits per heavy atom. The Hall–Kier alpha value is -0.520. The first kappa shape index (κ1) is 18.5. The van der Waals surface area contributed by atoms with Crippen LogP contribution in [-0.4, -0.2) is 0 Å². The molecule has 0 fully saturated rings. The van der Waals surface area contributed by atoms with Gasteiger partial charge in [-0.05, 0) is 32.1 Å². The molecule has 0 atom stereocenters. The second-order valence-electron chi connectivity index (χ2n) is 5.58. The number of hydrogen-bond donors (Lipinski definition) is 0. The average Bonchev–Trinajstić information content (AvgIpc) is 2.43. The fourth-order valence-corrected chi connectivity index (χ4v) is 2.24. The Balaban J connectivity index is 3.14. The van der Waals surface area contributed by atoms with Crippen molar-refractivity contribution in [3.63, 3.8) is 0 Å². The highest BCUT2D eigenvalue weighted by atomic mass is 13.9. The third-order valence-electron chi connectivity index (χ3n) is 3.55. The summed E-state index contributed by atoms with van der Waals surface area (Å²) in [5, 5.41) is 0. The maximum atomic E-state index is 2.36. The maximum absolute atomic E-state index is 2.36. The Morgan fingerprint density at radius 2 is 0.895 bits per heavy atom. The molecule has 0 heteroatoms. The lowest BCUT2D eigenvalue weighted by molar-refractivity contribution is 0.637. The van der Waals surface area contributed by atoms with E-state index in [-0.39, 0.29) is 0 Å². The summed E-state index contributed by atoms with van der Waals surface area (Å²) in [5.41, 5.74) is 0. The van der Waals surface area contributed by atoms with Crippen molar-refractivity contribution in [3.8, 4) is 0 Å². The van der Waals surface area contributed by atoms with Gasteiger partial charge in [0.15, 0.2) is 0 Å². The van der Waals surface area contributed by atoms with E-state index in [9.17, 15) is 0 Å². The van der Waals surface area contributed by atoms with Crippen LogP contribution >= 0.6 is 0 Å². The summed E-state index contributed by atoms with van der Waals surface area (Å²) in [7, 11) is 0. The molecule has 0 N–H and O–H groups in total.